The number of ether oxygens (including phenoxy) is 3. The lowest BCUT2D eigenvalue weighted by Crippen LogP contribution is -2.59. The van der Waals surface area contributed by atoms with E-state index in [1.54, 1.807) is 0 Å². The molecule has 0 aromatic rings. The Bertz CT molecular complexity index is 356. The van der Waals surface area contributed by atoms with E-state index in [1.165, 1.54) is 14.2 Å². The van der Waals surface area contributed by atoms with Crippen molar-refractivity contribution >= 4 is 10.4 Å². The summed E-state index contributed by atoms with van der Waals surface area (Å²) >= 11 is 0. The Labute approximate surface area is 104 Å². The van der Waals surface area contributed by atoms with Crippen molar-refractivity contribution in [1.82, 2.24) is 0 Å². The Balaban J connectivity index is 2.74. The van der Waals surface area contributed by atoms with Crippen LogP contribution in [0.25, 0.3) is 0 Å². The van der Waals surface area contributed by atoms with Gasteiger partial charge in [-0.15, -0.1) is 0 Å². The molecule has 18 heavy (non-hydrogen) atoms. The number of aliphatic hydroxyl groups is 2. The smallest absolute Gasteiger partial charge is 0.217 e. The fraction of sp³-hybridized carbons (Fsp3) is 1.00. The maximum absolute atomic E-state index is 10.3. The highest BCUT2D eigenvalue weighted by molar-refractivity contribution is 7.80. The number of aliphatic hydroxyl groups excluding tert-OH is 2. The second-order valence-electron chi connectivity index (χ2n) is 3.65. The van der Waals surface area contributed by atoms with Gasteiger partial charge in [-0.3, -0.25) is 4.18 Å². The van der Waals surface area contributed by atoms with E-state index in [0.717, 1.165) is 0 Å². The van der Waals surface area contributed by atoms with Crippen LogP contribution < -0.4 is 0 Å². The van der Waals surface area contributed by atoms with Gasteiger partial charge in [-0.25, -0.2) is 8.42 Å². The van der Waals surface area contributed by atoms with Crippen LogP contribution in [0.4, 0.5) is 0 Å². The minimum absolute atomic E-state index is 0.645. The molecule has 108 valence electrons. The third-order valence-corrected chi connectivity index (χ3v) is 2.95. The third kappa shape index (κ3) is 3.83. The molecule has 0 amide bonds. The standard InChI is InChI=1S/C8H16O9S/c1-14-7-4(3-16-18(11,12)13)17-8(15-2)6(10)5(7)9/h4-10H,3H2,1-2H3,(H,11,12,13)/p-1. The van der Waals surface area contributed by atoms with Gasteiger partial charge in [0.2, 0.25) is 10.4 Å². The van der Waals surface area contributed by atoms with Gasteiger partial charge < -0.3 is 29.0 Å². The largest absolute Gasteiger partial charge is 0.726 e. The van der Waals surface area contributed by atoms with Crippen LogP contribution in [0.15, 0.2) is 0 Å². The molecule has 2 N–H and O–H groups in total. The molecule has 0 radical (unpaired) electrons. The molecule has 0 saturated carbocycles. The van der Waals surface area contributed by atoms with E-state index >= 15 is 0 Å². The first-order valence-electron chi connectivity index (χ1n) is 4.97. The number of hydrogen-bond acceptors (Lipinski definition) is 9. The predicted octanol–water partition coefficient (Wildman–Crippen LogP) is -2.43. The van der Waals surface area contributed by atoms with Crippen LogP contribution in [0.3, 0.4) is 0 Å². The highest BCUT2D eigenvalue weighted by atomic mass is 32.3. The molecule has 0 bridgehead atoms. The van der Waals surface area contributed by atoms with E-state index in [-0.39, 0.29) is 0 Å². The van der Waals surface area contributed by atoms with Gasteiger partial charge in [-0.2, -0.15) is 0 Å². The highest BCUT2D eigenvalue weighted by Crippen LogP contribution is 2.24. The first-order valence-corrected chi connectivity index (χ1v) is 6.31. The van der Waals surface area contributed by atoms with E-state index in [1.807, 2.05) is 0 Å². The summed E-state index contributed by atoms with van der Waals surface area (Å²) in [6.07, 6.45) is -6.01. The summed E-state index contributed by atoms with van der Waals surface area (Å²) < 4.78 is 49.9. The van der Waals surface area contributed by atoms with Crippen molar-refractivity contribution in [3.05, 3.63) is 0 Å². The molecule has 0 spiro atoms. The lowest BCUT2D eigenvalue weighted by Gasteiger charge is -2.41. The summed E-state index contributed by atoms with van der Waals surface area (Å²) in [7, 11) is -2.42. The number of rotatable bonds is 5. The molecule has 0 aliphatic carbocycles. The Hall–Kier alpha value is -0.330. The first-order chi connectivity index (χ1) is 8.30. The van der Waals surface area contributed by atoms with Gasteiger partial charge >= 0.3 is 0 Å². The van der Waals surface area contributed by atoms with Crippen LogP contribution in [0.1, 0.15) is 0 Å². The van der Waals surface area contributed by atoms with Gasteiger partial charge in [-0.1, -0.05) is 0 Å². The molecule has 0 aromatic carbocycles. The van der Waals surface area contributed by atoms with Crippen molar-refractivity contribution in [3.8, 4) is 0 Å². The van der Waals surface area contributed by atoms with Crippen LogP contribution in [0.5, 0.6) is 0 Å². The maximum atomic E-state index is 10.3. The van der Waals surface area contributed by atoms with Crippen molar-refractivity contribution in [1.29, 1.82) is 0 Å². The van der Waals surface area contributed by atoms with Crippen LogP contribution in [-0.2, 0) is 28.8 Å². The summed E-state index contributed by atoms with van der Waals surface area (Å²) in [6.45, 7) is -0.645. The molecule has 1 saturated heterocycles. The van der Waals surface area contributed by atoms with Gasteiger partial charge in [0, 0.05) is 14.2 Å². The second-order valence-corrected chi connectivity index (χ2v) is 4.71. The van der Waals surface area contributed by atoms with Crippen LogP contribution >= 0.6 is 0 Å². The van der Waals surface area contributed by atoms with Crippen molar-refractivity contribution < 1.29 is 41.6 Å². The van der Waals surface area contributed by atoms with Gasteiger partial charge in [0.1, 0.15) is 24.4 Å². The van der Waals surface area contributed by atoms with Gasteiger partial charge in [0.15, 0.2) is 6.29 Å². The number of hydrogen-bond donors (Lipinski definition) is 2. The molecule has 5 atom stereocenters. The summed E-state index contributed by atoms with van der Waals surface area (Å²) in [4.78, 5) is 0. The quantitative estimate of drug-likeness (QED) is 0.418. The van der Waals surface area contributed by atoms with Crippen molar-refractivity contribution in [2.45, 2.75) is 30.7 Å². The van der Waals surface area contributed by atoms with E-state index in [9.17, 15) is 23.2 Å². The maximum Gasteiger partial charge on any atom is 0.217 e. The monoisotopic (exact) mass is 287 g/mol. The molecule has 9 nitrogen and oxygen atoms in total. The van der Waals surface area contributed by atoms with Crippen molar-refractivity contribution in [2.75, 3.05) is 20.8 Å². The van der Waals surface area contributed by atoms with E-state index < -0.39 is 47.7 Å². The fourth-order valence-corrected chi connectivity index (χ4v) is 1.98. The molecule has 1 aliphatic rings. The lowest BCUT2D eigenvalue weighted by atomic mass is 9.99. The molecule has 1 fully saturated rings. The Morgan fingerprint density at radius 2 is 1.83 bits per heavy atom. The Morgan fingerprint density at radius 1 is 1.22 bits per heavy atom. The van der Waals surface area contributed by atoms with E-state index in [2.05, 4.69) is 4.18 Å². The zero-order chi connectivity index (χ0) is 13.9. The summed E-state index contributed by atoms with van der Waals surface area (Å²) in [5.41, 5.74) is 0. The molecule has 1 rings (SSSR count). The SMILES string of the molecule is COC1OC(COS(=O)(=O)[O-])C(OC)C(O)C1O. The van der Waals surface area contributed by atoms with Crippen molar-refractivity contribution in [3.63, 3.8) is 0 Å². The molecule has 1 heterocycles. The molecular formula is C8H15O9S-. The van der Waals surface area contributed by atoms with Gasteiger partial charge in [-0.05, 0) is 0 Å². The van der Waals surface area contributed by atoms with Gasteiger partial charge in [0.05, 0.1) is 6.61 Å². The molecule has 10 heteroatoms. The van der Waals surface area contributed by atoms with Crippen LogP contribution in [0, 0.1) is 0 Å². The second kappa shape index (κ2) is 6.21. The van der Waals surface area contributed by atoms with Crippen LogP contribution in [0.2, 0.25) is 0 Å². The fourth-order valence-electron chi connectivity index (χ4n) is 1.68. The topological polar surface area (TPSA) is 135 Å². The summed E-state index contributed by atoms with van der Waals surface area (Å²) in [5.74, 6) is 0. The van der Waals surface area contributed by atoms with Crippen LogP contribution in [-0.4, -0.2) is 74.7 Å². The molecule has 0 aromatic heterocycles. The zero-order valence-corrected chi connectivity index (χ0v) is 10.6. The Morgan fingerprint density at radius 3 is 2.28 bits per heavy atom. The average Bonchev–Trinajstić information content (AvgIpc) is 2.29. The minimum atomic E-state index is -4.88. The summed E-state index contributed by atoms with van der Waals surface area (Å²) in [6, 6.07) is 0. The van der Waals surface area contributed by atoms with E-state index in [0.29, 0.717) is 0 Å². The zero-order valence-electron chi connectivity index (χ0n) is 9.75. The number of methoxy groups -OCH3 is 2. The normalized spacial score (nSPS) is 37.7. The first kappa shape index (κ1) is 15.7. The molecular weight excluding hydrogens is 272 g/mol. The summed E-state index contributed by atoms with van der Waals surface area (Å²) in [5, 5.41) is 19.3. The highest BCUT2D eigenvalue weighted by Gasteiger charge is 2.45. The van der Waals surface area contributed by atoms with Gasteiger partial charge in [0.25, 0.3) is 0 Å². The van der Waals surface area contributed by atoms with Crippen molar-refractivity contribution in [2.24, 2.45) is 0 Å². The average molecular weight is 287 g/mol. The predicted molar refractivity (Wildman–Crippen MR) is 54.1 cm³/mol. The third-order valence-electron chi connectivity index (χ3n) is 2.52. The minimum Gasteiger partial charge on any atom is -0.726 e. The lowest BCUT2D eigenvalue weighted by molar-refractivity contribution is -0.297. The molecule has 5 unspecified atom stereocenters. The molecule has 1 aliphatic heterocycles. The Kier molecular flexibility index (Phi) is 5.43. The van der Waals surface area contributed by atoms with E-state index in [4.69, 9.17) is 14.2 Å².